The van der Waals surface area contributed by atoms with Crippen LogP contribution in [0.1, 0.15) is 54.4 Å². The van der Waals surface area contributed by atoms with Crippen molar-refractivity contribution in [2.24, 2.45) is 0 Å². The molecule has 0 fully saturated rings. The largest absolute Gasteiger partial charge is 0.466 e. The first-order valence-corrected chi connectivity index (χ1v) is 12.2. The number of hydrogen-bond donors (Lipinski definition) is 0. The molecule has 0 aliphatic heterocycles. The van der Waals surface area contributed by atoms with Crippen molar-refractivity contribution in [1.82, 2.24) is 0 Å². The minimum Gasteiger partial charge on any atom is -0.466 e. The van der Waals surface area contributed by atoms with Crippen LogP contribution in [0.5, 0.6) is 0 Å². The highest BCUT2D eigenvalue weighted by atomic mass is 28.4. The van der Waals surface area contributed by atoms with Crippen molar-refractivity contribution in [2.45, 2.75) is 72.5 Å². The predicted molar refractivity (Wildman–Crippen MR) is 115 cm³/mol. The number of carbonyl (C=O) groups is 1. The van der Waals surface area contributed by atoms with Crippen molar-refractivity contribution in [1.29, 1.82) is 0 Å². The monoisotopic (exact) mass is 378 g/mol. The number of esters is 1. The highest BCUT2D eigenvalue weighted by molar-refractivity contribution is 6.74. The van der Waals surface area contributed by atoms with Crippen LogP contribution in [-0.4, -0.2) is 28.0 Å². The third-order valence-electron chi connectivity index (χ3n) is 4.90. The summed E-state index contributed by atoms with van der Waals surface area (Å²) in [5.41, 5.74) is 3.14. The van der Waals surface area contributed by atoms with Gasteiger partial charge in [0.25, 0.3) is 0 Å². The summed E-state index contributed by atoms with van der Waals surface area (Å²) in [7, 11) is -0.270. The normalized spacial score (nSPS) is 14.9. The topological polar surface area (TPSA) is 35.5 Å². The van der Waals surface area contributed by atoms with Crippen LogP contribution in [0.2, 0.25) is 18.1 Å². The lowest BCUT2D eigenvalue weighted by atomic mass is 10.1. The van der Waals surface area contributed by atoms with Crippen LogP contribution in [0.15, 0.2) is 47.1 Å². The van der Waals surface area contributed by atoms with Crippen LogP contribution < -0.4 is 0 Å². The minimum absolute atomic E-state index is 0.252. The van der Waals surface area contributed by atoms with Gasteiger partial charge < -0.3 is 9.16 Å². The molecule has 0 saturated carbocycles. The van der Waals surface area contributed by atoms with Gasteiger partial charge in [0.05, 0.1) is 13.7 Å². The molecular weight excluding hydrogens is 340 g/mol. The van der Waals surface area contributed by atoms with Crippen molar-refractivity contribution >= 4 is 14.3 Å². The molecule has 0 aromatic rings. The Hall–Kier alpha value is -1.39. The molecule has 0 saturated heterocycles. The molecule has 26 heavy (non-hydrogen) atoms. The maximum absolute atomic E-state index is 11.3. The lowest BCUT2D eigenvalue weighted by Crippen LogP contribution is -2.40. The first-order valence-electron chi connectivity index (χ1n) is 9.30. The molecule has 0 spiro atoms. The maximum Gasteiger partial charge on any atom is 0.333 e. The van der Waals surface area contributed by atoms with E-state index in [1.54, 1.807) is 13.0 Å². The Morgan fingerprint density at radius 1 is 1.08 bits per heavy atom. The van der Waals surface area contributed by atoms with E-state index in [2.05, 4.69) is 64.6 Å². The summed E-state index contributed by atoms with van der Waals surface area (Å²) in [6.45, 7) is 18.0. The number of allylic oxidation sites excluding steroid dienone is 6. The molecule has 0 N–H and O–H groups in total. The average Bonchev–Trinajstić information content (AvgIpc) is 2.52. The van der Waals surface area contributed by atoms with Gasteiger partial charge in [-0.25, -0.2) is 4.79 Å². The average molecular weight is 379 g/mol. The van der Waals surface area contributed by atoms with Gasteiger partial charge in [-0.1, -0.05) is 62.3 Å². The Kier molecular flexibility index (Phi) is 10.7. The molecule has 0 unspecified atom stereocenters. The zero-order valence-corrected chi connectivity index (χ0v) is 19.2. The molecular formula is C22H38O3Si. The molecule has 0 aromatic carbocycles. The van der Waals surface area contributed by atoms with Crippen molar-refractivity contribution in [3.8, 4) is 0 Å². The van der Waals surface area contributed by atoms with Crippen LogP contribution in [0, 0.1) is 0 Å². The van der Waals surface area contributed by atoms with E-state index in [0.717, 1.165) is 12.8 Å². The Bertz CT molecular complexity index is 573. The Morgan fingerprint density at radius 3 is 2.23 bits per heavy atom. The second-order valence-electron chi connectivity index (χ2n) is 8.31. The summed E-state index contributed by atoms with van der Waals surface area (Å²) >= 11 is 0. The molecule has 0 bridgehead atoms. The van der Waals surface area contributed by atoms with Crippen molar-refractivity contribution in [2.75, 3.05) is 13.7 Å². The van der Waals surface area contributed by atoms with E-state index in [1.165, 1.54) is 18.3 Å². The van der Waals surface area contributed by atoms with Gasteiger partial charge in [-0.3, -0.25) is 0 Å². The number of rotatable bonds is 9. The molecule has 0 rings (SSSR count). The van der Waals surface area contributed by atoms with E-state index in [0.29, 0.717) is 12.2 Å². The fourth-order valence-corrected chi connectivity index (χ4v) is 2.81. The lowest BCUT2D eigenvalue weighted by molar-refractivity contribution is -0.136. The summed E-state index contributed by atoms with van der Waals surface area (Å²) in [6, 6.07) is 0. The highest BCUT2D eigenvalue weighted by Crippen LogP contribution is 2.36. The van der Waals surface area contributed by atoms with Crippen molar-refractivity contribution < 1.29 is 14.0 Å². The van der Waals surface area contributed by atoms with Crippen LogP contribution in [0.25, 0.3) is 0 Å². The van der Waals surface area contributed by atoms with E-state index >= 15 is 0 Å². The third kappa shape index (κ3) is 9.93. The summed E-state index contributed by atoms with van der Waals surface area (Å²) in [5, 5.41) is 0.252. The van der Waals surface area contributed by atoms with E-state index in [-0.39, 0.29) is 11.0 Å². The highest BCUT2D eigenvalue weighted by Gasteiger charge is 2.36. The second-order valence-corrected chi connectivity index (χ2v) is 13.1. The van der Waals surface area contributed by atoms with Gasteiger partial charge in [0, 0.05) is 5.57 Å². The SMILES string of the molecule is COC(=O)/C(C)=C/C=C/C(C)=C/CC/C(C)=C/CO[Si](C)(C)C(C)(C)C. The molecule has 0 radical (unpaired) electrons. The Morgan fingerprint density at radius 2 is 1.69 bits per heavy atom. The summed E-state index contributed by atoms with van der Waals surface area (Å²) < 4.78 is 10.9. The number of carbonyl (C=O) groups excluding carboxylic acids is 1. The molecule has 0 aromatic heterocycles. The van der Waals surface area contributed by atoms with E-state index in [4.69, 9.17) is 4.43 Å². The Labute approximate surface area is 162 Å². The van der Waals surface area contributed by atoms with Crippen LogP contribution in [0.4, 0.5) is 0 Å². The first kappa shape index (κ1) is 24.6. The molecule has 3 nitrogen and oxygen atoms in total. The zero-order valence-electron chi connectivity index (χ0n) is 18.2. The smallest absolute Gasteiger partial charge is 0.333 e. The molecule has 0 atom stereocenters. The van der Waals surface area contributed by atoms with E-state index in [1.807, 2.05) is 12.2 Å². The summed E-state index contributed by atoms with van der Waals surface area (Å²) in [4.78, 5) is 11.3. The summed E-state index contributed by atoms with van der Waals surface area (Å²) in [5.74, 6) is -0.294. The number of ether oxygens (including phenoxy) is 1. The molecule has 148 valence electrons. The van der Waals surface area contributed by atoms with Gasteiger partial charge in [0.15, 0.2) is 8.32 Å². The maximum atomic E-state index is 11.3. The van der Waals surface area contributed by atoms with Crippen LogP contribution in [-0.2, 0) is 14.0 Å². The van der Waals surface area contributed by atoms with Crippen LogP contribution >= 0.6 is 0 Å². The van der Waals surface area contributed by atoms with Crippen molar-refractivity contribution in [3.05, 3.63) is 47.1 Å². The molecule has 0 aliphatic carbocycles. The van der Waals surface area contributed by atoms with Gasteiger partial charge in [0.1, 0.15) is 0 Å². The van der Waals surface area contributed by atoms with Gasteiger partial charge in [-0.05, 0) is 51.7 Å². The van der Waals surface area contributed by atoms with Gasteiger partial charge in [0.2, 0.25) is 0 Å². The van der Waals surface area contributed by atoms with Gasteiger partial charge in [-0.15, -0.1) is 0 Å². The van der Waals surface area contributed by atoms with Crippen LogP contribution in [0.3, 0.4) is 0 Å². The molecule has 4 heteroatoms. The fraction of sp³-hybridized carbons (Fsp3) is 0.591. The van der Waals surface area contributed by atoms with E-state index in [9.17, 15) is 4.79 Å². The van der Waals surface area contributed by atoms with Gasteiger partial charge >= 0.3 is 5.97 Å². The number of hydrogen-bond acceptors (Lipinski definition) is 3. The first-order chi connectivity index (χ1) is 11.9. The predicted octanol–water partition coefficient (Wildman–Crippen LogP) is 6.36. The lowest BCUT2D eigenvalue weighted by Gasteiger charge is -2.35. The van der Waals surface area contributed by atoms with Crippen molar-refractivity contribution in [3.63, 3.8) is 0 Å². The number of methoxy groups -OCH3 is 1. The Balaban J connectivity index is 4.40. The fourth-order valence-electron chi connectivity index (χ4n) is 1.88. The molecule has 0 heterocycles. The minimum atomic E-state index is -1.66. The van der Waals surface area contributed by atoms with E-state index < -0.39 is 8.32 Å². The van der Waals surface area contributed by atoms with Gasteiger partial charge in [-0.2, -0.15) is 0 Å². The third-order valence-corrected chi connectivity index (χ3v) is 9.40. The zero-order chi connectivity index (χ0) is 20.4. The molecule has 0 aliphatic rings. The standard InChI is InChI=1S/C22H38O3Si/c1-18(14-11-15-20(3)21(23)24-7)12-10-13-19(2)16-17-25-26(8,9)22(4,5)6/h11-12,14-16H,10,13,17H2,1-9H3/b14-11+,18-12+,19-16+,20-15+. The molecule has 0 amide bonds. The quantitative estimate of drug-likeness (QED) is 0.154. The summed E-state index contributed by atoms with van der Waals surface area (Å²) in [6.07, 6.45) is 12.1. The second kappa shape index (κ2) is 11.3.